The van der Waals surface area contributed by atoms with Gasteiger partial charge in [-0.3, -0.25) is 4.79 Å². The molecular weight excluding hydrogens is 234 g/mol. The van der Waals surface area contributed by atoms with Crippen molar-refractivity contribution in [1.29, 1.82) is 0 Å². The number of anilines is 1. The number of carboxylic acids is 1. The Labute approximate surface area is 104 Å². The molecule has 96 valence electrons. The molecule has 1 unspecified atom stereocenters. The third kappa shape index (κ3) is 2.78. The molecule has 0 fully saturated rings. The van der Waals surface area contributed by atoms with E-state index in [2.05, 4.69) is 9.97 Å². The van der Waals surface area contributed by atoms with E-state index < -0.39 is 12.1 Å². The summed E-state index contributed by atoms with van der Waals surface area (Å²) in [5, 5.41) is 18.2. The van der Waals surface area contributed by atoms with Crippen molar-refractivity contribution in [3.63, 3.8) is 0 Å². The van der Waals surface area contributed by atoms with E-state index in [-0.39, 0.29) is 13.0 Å². The van der Waals surface area contributed by atoms with E-state index in [4.69, 9.17) is 5.11 Å². The largest absolute Gasteiger partial charge is 0.481 e. The second-order valence-corrected chi connectivity index (χ2v) is 4.24. The van der Waals surface area contributed by atoms with Crippen molar-refractivity contribution >= 4 is 22.7 Å². The van der Waals surface area contributed by atoms with Crippen molar-refractivity contribution < 1.29 is 15.0 Å². The van der Waals surface area contributed by atoms with Crippen molar-refractivity contribution in [1.82, 2.24) is 9.97 Å². The zero-order valence-electron chi connectivity index (χ0n) is 10.00. The molecule has 0 aliphatic rings. The molecule has 1 atom stereocenters. The molecule has 0 radical (unpaired) electrons. The molecule has 0 aliphatic heterocycles. The van der Waals surface area contributed by atoms with Gasteiger partial charge in [-0.1, -0.05) is 0 Å². The van der Waals surface area contributed by atoms with Crippen LogP contribution in [-0.4, -0.2) is 45.8 Å². The highest BCUT2D eigenvalue weighted by atomic mass is 16.4. The van der Waals surface area contributed by atoms with Gasteiger partial charge in [0.15, 0.2) is 0 Å². The van der Waals surface area contributed by atoms with Crippen LogP contribution >= 0.6 is 0 Å². The van der Waals surface area contributed by atoms with Gasteiger partial charge in [0.25, 0.3) is 0 Å². The van der Waals surface area contributed by atoms with Crippen LogP contribution in [0.4, 0.5) is 5.69 Å². The first-order chi connectivity index (χ1) is 8.56. The maximum Gasteiger partial charge on any atom is 0.306 e. The lowest BCUT2D eigenvalue weighted by Gasteiger charge is -2.21. The Morgan fingerprint density at radius 1 is 1.56 bits per heavy atom. The van der Waals surface area contributed by atoms with Gasteiger partial charge in [0.1, 0.15) is 0 Å². The Morgan fingerprint density at radius 2 is 2.33 bits per heavy atom. The number of benzene rings is 1. The van der Waals surface area contributed by atoms with E-state index >= 15 is 0 Å². The molecule has 0 amide bonds. The fourth-order valence-electron chi connectivity index (χ4n) is 1.85. The fourth-order valence-corrected chi connectivity index (χ4v) is 1.85. The lowest BCUT2D eigenvalue weighted by atomic mass is 10.2. The van der Waals surface area contributed by atoms with E-state index in [1.165, 1.54) is 0 Å². The van der Waals surface area contributed by atoms with Crippen LogP contribution in [0.25, 0.3) is 11.0 Å². The van der Waals surface area contributed by atoms with E-state index in [0.29, 0.717) is 0 Å². The summed E-state index contributed by atoms with van der Waals surface area (Å²) < 4.78 is 0. The topological polar surface area (TPSA) is 89.4 Å². The van der Waals surface area contributed by atoms with E-state index in [1.54, 1.807) is 6.33 Å². The summed E-state index contributed by atoms with van der Waals surface area (Å²) in [6.45, 7) is 0.270. The number of aromatic amines is 1. The number of nitrogens with one attached hydrogen (secondary N) is 1. The standard InChI is InChI=1S/C12H15N3O3/c1-15(6-9(16)5-12(17)18)8-2-3-10-11(4-8)14-7-13-10/h2-4,7,9,16H,5-6H2,1H3,(H,13,14)(H,17,18). The van der Waals surface area contributed by atoms with Gasteiger partial charge in [0.05, 0.1) is 29.9 Å². The molecule has 1 aromatic heterocycles. The summed E-state index contributed by atoms with van der Waals surface area (Å²) in [5.41, 5.74) is 2.68. The Morgan fingerprint density at radius 3 is 3.06 bits per heavy atom. The molecule has 0 saturated carbocycles. The van der Waals surface area contributed by atoms with Crippen molar-refractivity contribution in [2.24, 2.45) is 0 Å². The van der Waals surface area contributed by atoms with Crippen LogP contribution in [0.1, 0.15) is 6.42 Å². The third-order valence-corrected chi connectivity index (χ3v) is 2.74. The van der Waals surface area contributed by atoms with Gasteiger partial charge in [0, 0.05) is 19.3 Å². The summed E-state index contributed by atoms with van der Waals surface area (Å²) >= 11 is 0. The first kappa shape index (κ1) is 12.4. The average Bonchev–Trinajstić information content (AvgIpc) is 2.74. The minimum atomic E-state index is -1.00. The molecule has 2 aromatic rings. The summed E-state index contributed by atoms with van der Waals surface area (Å²) in [5.74, 6) is -1.00. The third-order valence-electron chi connectivity index (χ3n) is 2.74. The molecule has 6 heteroatoms. The fraction of sp³-hybridized carbons (Fsp3) is 0.333. The molecule has 1 heterocycles. The van der Waals surface area contributed by atoms with Crippen LogP contribution in [0.5, 0.6) is 0 Å². The number of aromatic nitrogens is 2. The summed E-state index contributed by atoms with van der Waals surface area (Å²) in [6, 6.07) is 5.67. The molecule has 0 aliphatic carbocycles. The van der Waals surface area contributed by atoms with Gasteiger partial charge < -0.3 is 20.1 Å². The van der Waals surface area contributed by atoms with Crippen LogP contribution in [0.3, 0.4) is 0 Å². The quantitative estimate of drug-likeness (QED) is 0.730. The highest BCUT2D eigenvalue weighted by molar-refractivity contribution is 5.79. The highest BCUT2D eigenvalue weighted by Gasteiger charge is 2.13. The lowest BCUT2D eigenvalue weighted by molar-refractivity contribution is -0.139. The second-order valence-electron chi connectivity index (χ2n) is 4.24. The summed E-state index contributed by atoms with van der Waals surface area (Å²) in [7, 11) is 1.81. The Kier molecular flexibility index (Phi) is 3.47. The first-order valence-electron chi connectivity index (χ1n) is 5.60. The van der Waals surface area contributed by atoms with E-state index in [1.807, 2.05) is 30.1 Å². The van der Waals surface area contributed by atoms with Gasteiger partial charge in [-0.25, -0.2) is 4.98 Å². The zero-order chi connectivity index (χ0) is 13.1. The molecular formula is C12H15N3O3. The second kappa shape index (κ2) is 5.05. The normalized spacial score (nSPS) is 12.6. The number of aliphatic carboxylic acids is 1. The van der Waals surface area contributed by atoms with Crippen molar-refractivity contribution in [2.45, 2.75) is 12.5 Å². The number of hydrogen-bond acceptors (Lipinski definition) is 4. The first-order valence-corrected chi connectivity index (χ1v) is 5.60. The Bertz CT molecular complexity index is 552. The lowest BCUT2D eigenvalue weighted by Crippen LogP contribution is -2.30. The molecule has 2 rings (SSSR count). The number of likely N-dealkylation sites (N-methyl/N-ethyl adjacent to an activating group) is 1. The number of aliphatic hydroxyl groups excluding tert-OH is 1. The minimum Gasteiger partial charge on any atom is -0.481 e. The minimum absolute atomic E-state index is 0.253. The number of aliphatic hydroxyl groups is 1. The number of imidazole rings is 1. The molecule has 1 aromatic carbocycles. The molecule has 0 spiro atoms. The Balaban J connectivity index is 2.07. The molecule has 18 heavy (non-hydrogen) atoms. The maximum absolute atomic E-state index is 10.5. The predicted molar refractivity (Wildman–Crippen MR) is 67.6 cm³/mol. The number of carboxylic acid groups (broad SMARTS) is 1. The van der Waals surface area contributed by atoms with Gasteiger partial charge in [0.2, 0.25) is 0 Å². The zero-order valence-corrected chi connectivity index (χ0v) is 10.00. The van der Waals surface area contributed by atoms with Gasteiger partial charge in [-0.2, -0.15) is 0 Å². The predicted octanol–water partition coefficient (Wildman–Crippen LogP) is 0.835. The highest BCUT2D eigenvalue weighted by Crippen LogP contribution is 2.19. The number of rotatable bonds is 5. The van der Waals surface area contributed by atoms with Crippen molar-refractivity contribution in [3.8, 4) is 0 Å². The number of hydrogen-bond donors (Lipinski definition) is 3. The van der Waals surface area contributed by atoms with Crippen molar-refractivity contribution in [3.05, 3.63) is 24.5 Å². The smallest absolute Gasteiger partial charge is 0.306 e. The van der Waals surface area contributed by atoms with Gasteiger partial charge in [-0.15, -0.1) is 0 Å². The van der Waals surface area contributed by atoms with Gasteiger partial charge >= 0.3 is 5.97 Å². The number of nitrogens with zero attached hydrogens (tertiary/aromatic N) is 2. The van der Waals surface area contributed by atoms with Crippen LogP contribution in [0.15, 0.2) is 24.5 Å². The van der Waals surface area contributed by atoms with E-state index in [0.717, 1.165) is 16.7 Å². The number of fused-ring (bicyclic) bond motifs is 1. The van der Waals surface area contributed by atoms with Crippen LogP contribution in [0, 0.1) is 0 Å². The maximum atomic E-state index is 10.5. The summed E-state index contributed by atoms with van der Waals surface area (Å²) in [4.78, 5) is 19.4. The number of carbonyl (C=O) groups is 1. The van der Waals surface area contributed by atoms with Crippen LogP contribution in [0.2, 0.25) is 0 Å². The Hall–Kier alpha value is -2.08. The average molecular weight is 249 g/mol. The van der Waals surface area contributed by atoms with Gasteiger partial charge in [-0.05, 0) is 18.2 Å². The van der Waals surface area contributed by atoms with Crippen LogP contribution in [-0.2, 0) is 4.79 Å². The van der Waals surface area contributed by atoms with E-state index in [9.17, 15) is 9.90 Å². The monoisotopic (exact) mass is 249 g/mol. The van der Waals surface area contributed by atoms with Crippen molar-refractivity contribution in [2.75, 3.05) is 18.5 Å². The molecule has 6 nitrogen and oxygen atoms in total. The molecule has 0 bridgehead atoms. The molecule has 0 saturated heterocycles. The summed E-state index contributed by atoms with van der Waals surface area (Å²) in [6.07, 6.45) is 0.481. The molecule has 3 N–H and O–H groups in total. The SMILES string of the molecule is CN(CC(O)CC(=O)O)c1ccc2nc[nH]c2c1. The number of H-pyrrole nitrogens is 1. The van der Waals surface area contributed by atoms with Crippen LogP contribution < -0.4 is 4.90 Å².